The Bertz CT molecular complexity index is 1600. The normalized spacial score (nSPS) is 11.0. The predicted octanol–water partition coefficient (Wildman–Crippen LogP) is 3.09. The number of nitrogens with zero attached hydrogens (tertiary/aromatic N) is 2. The summed E-state index contributed by atoms with van der Waals surface area (Å²) >= 11 is 0. The third-order valence-corrected chi connectivity index (χ3v) is 5.58. The van der Waals surface area contributed by atoms with Crippen molar-refractivity contribution in [2.24, 2.45) is 0 Å². The van der Waals surface area contributed by atoms with Crippen molar-refractivity contribution in [2.45, 2.75) is 13.0 Å². The molecule has 0 aliphatic carbocycles. The summed E-state index contributed by atoms with van der Waals surface area (Å²) in [5.74, 6) is -0.109. The van der Waals surface area contributed by atoms with Gasteiger partial charge in [-0.1, -0.05) is 54.6 Å². The Morgan fingerprint density at radius 2 is 1.64 bits per heavy atom. The molecule has 3 aromatic carbocycles. The highest BCUT2D eigenvalue weighted by Crippen LogP contribution is 2.18. The molecule has 0 aliphatic heterocycles. The van der Waals surface area contributed by atoms with Crippen LogP contribution in [0.3, 0.4) is 0 Å². The van der Waals surface area contributed by atoms with Crippen molar-refractivity contribution >= 4 is 27.7 Å². The number of carbonyl (C=O) groups is 1. The molecule has 33 heavy (non-hydrogen) atoms. The van der Waals surface area contributed by atoms with Crippen molar-refractivity contribution in [3.05, 3.63) is 117 Å². The minimum absolute atomic E-state index is 0.109. The smallest absolute Gasteiger partial charge is 0.334 e. The Morgan fingerprint density at radius 3 is 2.48 bits per heavy atom. The zero-order valence-electron chi connectivity index (χ0n) is 17.6. The lowest BCUT2D eigenvalue weighted by atomic mass is 10.0. The molecular formula is C26H20N4O3. The Balaban J connectivity index is 1.31. The van der Waals surface area contributed by atoms with Crippen molar-refractivity contribution in [2.75, 3.05) is 0 Å². The van der Waals surface area contributed by atoms with Crippen LogP contribution in [0.2, 0.25) is 0 Å². The quantitative estimate of drug-likeness (QED) is 0.443. The van der Waals surface area contributed by atoms with E-state index in [0.29, 0.717) is 17.6 Å². The van der Waals surface area contributed by atoms with Crippen molar-refractivity contribution in [3.8, 4) is 5.69 Å². The van der Waals surface area contributed by atoms with Crippen molar-refractivity contribution in [1.82, 2.24) is 19.9 Å². The third-order valence-electron chi connectivity index (χ3n) is 5.58. The number of H-pyrrole nitrogens is 1. The molecule has 2 N–H and O–H groups in total. The average molecular weight is 436 g/mol. The van der Waals surface area contributed by atoms with Crippen LogP contribution in [0, 0.1) is 0 Å². The van der Waals surface area contributed by atoms with E-state index in [1.165, 1.54) is 6.20 Å². The van der Waals surface area contributed by atoms with Gasteiger partial charge in [0.25, 0.3) is 5.56 Å². The summed E-state index contributed by atoms with van der Waals surface area (Å²) in [5, 5.41) is 5.55. The zero-order chi connectivity index (χ0) is 22.8. The molecule has 162 valence electrons. The van der Waals surface area contributed by atoms with Gasteiger partial charge in [-0.2, -0.15) is 0 Å². The van der Waals surface area contributed by atoms with Gasteiger partial charge in [0.2, 0.25) is 5.91 Å². The molecule has 0 aliphatic rings. The molecular weight excluding hydrogens is 416 g/mol. The molecule has 0 saturated carbocycles. The molecule has 0 spiro atoms. The molecule has 7 heteroatoms. The predicted molar refractivity (Wildman–Crippen MR) is 127 cm³/mol. The minimum atomic E-state index is -0.563. The first-order valence-electron chi connectivity index (χ1n) is 10.5. The van der Waals surface area contributed by atoms with Gasteiger partial charge < -0.3 is 5.32 Å². The third kappa shape index (κ3) is 4.04. The number of benzene rings is 3. The Labute approximate surface area is 188 Å². The van der Waals surface area contributed by atoms with E-state index < -0.39 is 11.2 Å². The Kier molecular flexibility index (Phi) is 5.28. The largest absolute Gasteiger partial charge is 0.352 e. The van der Waals surface area contributed by atoms with E-state index in [4.69, 9.17) is 0 Å². The minimum Gasteiger partial charge on any atom is -0.352 e. The molecule has 0 radical (unpaired) electrons. The van der Waals surface area contributed by atoms with Crippen LogP contribution in [0.5, 0.6) is 0 Å². The summed E-state index contributed by atoms with van der Waals surface area (Å²) in [6, 6.07) is 24.2. The second-order valence-corrected chi connectivity index (χ2v) is 7.73. The molecule has 1 amide bonds. The first kappa shape index (κ1) is 20.4. The fraction of sp³-hybridized carbons (Fsp3) is 0.0769. The lowest BCUT2D eigenvalue weighted by Gasteiger charge is -2.10. The standard InChI is InChI=1S/C26H20N4O3/c31-23(28-16-19-7-3-6-18-5-1-2-8-21(18)19)15-17-10-12-20(13-11-17)30-25(32)22-9-4-14-27-24(22)29-26(30)33/h1-14H,15-16H2,(H,28,31)(H,27,29,33). The monoisotopic (exact) mass is 436 g/mol. The first-order chi connectivity index (χ1) is 16.1. The molecule has 2 heterocycles. The molecule has 0 unspecified atom stereocenters. The number of hydrogen-bond acceptors (Lipinski definition) is 4. The fourth-order valence-electron chi connectivity index (χ4n) is 3.93. The molecule has 0 fully saturated rings. The van der Waals surface area contributed by atoms with Crippen LogP contribution in [-0.4, -0.2) is 20.4 Å². The van der Waals surface area contributed by atoms with Gasteiger partial charge in [-0.25, -0.2) is 14.3 Å². The number of fused-ring (bicyclic) bond motifs is 2. The van der Waals surface area contributed by atoms with Crippen LogP contribution in [0.4, 0.5) is 0 Å². The van der Waals surface area contributed by atoms with Gasteiger partial charge in [-0.3, -0.25) is 14.6 Å². The molecule has 0 atom stereocenters. The van der Waals surface area contributed by atoms with Crippen molar-refractivity contribution in [3.63, 3.8) is 0 Å². The van der Waals surface area contributed by atoms with Crippen LogP contribution < -0.4 is 16.6 Å². The van der Waals surface area contributed by atoms with Crippen LogP contribution >= 0.6 is 0 Å². The fourth-order valence-corrected chi connectivity index (χ4v) is 3.93. The lowest BCUT2D eigenvalue weighted by molar-refractivity contribution is -0.120. The maximum Gasteiger partial charge on any atom is 0.334 e. The van der Waals surface area contributed by atoms with Crippen molar-refractivity contribution in [1.29, 1.82) is 0 Å². The second-order valence-electron chi connectivity index (χ2n) is 7.73. The van der Waals surface area contributed by atoms with E-state index in [9.17, 15) is 14.4 Å². The first-order valence-corrected chi connectivity index (χ1v) is 10.5. The van der Waals surface area contributed by atoms with Crippen molar-refractivity contribution < 1.29 is 4.79 Å². The van der Waals surface area contributed by atoms with Gasteiger partial charge in [-0.05, 0) is 46.2 Å². The lowest BCUT2D eigenvalue weighted by Crippen LogP contribution is -2.33. The number of hydrogen-bond donors (Lipinski definition) is 2. The van der Waals surface area contributed by atoms with Crippen LogP contribution in [0.1, 0.15) is 11.1 Å². The molecule has 0 saturated heterocycles. The highest BCUT2D eigenvalue weighted by atomic mass is 16.2. The van der Waals surface area contributed by atoms with Gasteiger partial charge in [0.15, 0.2) is 0 Å². The summed E-state index contributed by atoms with van der Waals surface area (Å²) in [4.78, 5) is 44.3. The van der Waals surface area contributed by atoms with E-state index in [2.05, 4.69) is 15.3 Å². The highest BCUT2D eigenvalue weighted by molar-refractivity contribution is 5.86. The number of aromatic amines is 1. The highest BCUT2D eigenvalue weighted by Gasteiger charge is 2.11. The Hall–Kier alpha value is -4.52. The second kappa shape index (κ2) is 8.55. The number of carbonyl (C=O) groups excluding carboxylic acids is 1. The summed E-state index contributed by atoms with van der Waals surface area (Å²) in [6.07, 6.45) is 1.71. The van der Waals surface area contributed by atoms with E-state index in [0.717, 1.165) is 26.5 Å². The number of nitrogens with one attached hydrogen (secondary N) is 2. The molecule has 7 nitrogen and oxygen atoms in total. The van der Waals surface area contributed by atoms with E-state index in [-0.39, 0.29) is 18.0 Å². The van der Waals surface area contributed by atoms with Crippen LogP contribution in [-0.2, 0) is 17.8 Å². The van der Waals surface area contributed by atoms with Gasteiger partial charge in [0.1, 0.15) is 5.65 Å². The molecule has 5 rings (SSSR count). The SMILES string of the molecule is O=C(Cc1ccc(-n2c(=O)[nH]c3ncccc3c2=O)cc1)NCc1cccc2ccccc12. The van der Waals surface area contributed by atoms with Gasteiger partial charge in [0.05, 0.1) is 17.5 Å². The zero-order valence-corrected chi connectivity index (χ0v) is 17.6. The maximum absolute atomic E-state index is 12.8. The number of pyridine rings is 1. The van der Waals surface area contributed by atoms with Crippen LogP contribution in [0.15, 0.2) is 94.6 Å². The summed E-state index contributed by atoms with van der Waals surface area (Å²) in [7, 11) is 0. The molecule has 0 bridgehead atoms. The van der Waals surface area contributed by atoms with E-state index in [1.807, 2.05) is 42.5 Å². The number of aromatic nitrogens is 3. The van der Waals surface area contributed by atoms with E-state index >= 15 is 0 Å². The summed E-state index contributed by atoms with van der Waals surface area (Å²) in [5.41, 5.74) is 1.51. The van der Waals surface area contributed by atoms with E-state index in [1.54, 1.807) is 36.4 Å². The number of amides is 1. The summed E-state index contributed by atoms with van der Waals surface area (Å²) < 4.78 is 1.06. The van der Waals surface area contributed by atoms with Crippen LogP contribution in [0.25, 0.3) is 27.5 Å². The Morgan fingerprint density at radius 1 is 0.879 bits per heavy atom. The molecule has 2 aromatic heterocycles. The van der Waals surface area contributed by atoms with Gasteiger partial charge >= 0.3 is 5.69 Å². The average Bonchev–Trinajstić information content (AvgIpc) is 2.84. The van der Waals surface area contributed by atoms with Gasteiger partial charge in [-0.15, -0.1) is 0 Å². The molecule has 5 aromatic rings. The number of rotatable bonds is 5. The maximum atomic E-state index is 12.8. The topological polar surface area (TPSA) is 96.8 Å². The van der Waals surface area contributed by atoms with Gasteiger partial charge in [0, 0.05) is 12.7 Å². The summed E-state index contributed by atoms with van der Waals surface area (Å²) in [6.45, 7) is 0.439.